The van der Waals surface area contributed by atoms with E-state index in [-0.39, 0.29) is 0 Å². The molecule has 0 fully saturated rings. The Bertz CT molecular complexity index is 1180. The number of rotatable bonds is 4. The molecule has 140 valence electrons. The summed E-state index contributed by atoms with van der Waals surface area (Å²) in [5.74, 6) is 0. The van der Waals surface area contributed by atoms with E-state index in [1.807, 2.05) is 0 Å². The summed E-state index contributed by atoms with van der Waals surface area (Å²) in [6.45, 7) is 2.26. The largest absolute Gasteiger partial charge is 0.0622 e. The van der Waals surface area contributed by atoms with E-state index in [2.05, 4.69) is 110 Å². The number of hydrogen-bond donors (Lipinski definition) is 0. The molecule has 0 unspecified atom stereocenters. The first-order chi connectivity index (χ1) is 14.3. The Labute approximate surface area is 173 Å². The van der Waals surface area contributed by atoms with Gasteiger partial charge in [-0.3, -0.25) is 0 Å². The fourth-order valence-corrected chi connectivity index (χ4v) is 4.48. The van der Waals surface area contributed by atoms with Gasteiger partial charge in [0.25, 0.3) is 0 Å². The molecule has 5 rings (SSSR count). The Kier molecular flexibility index (Phi) is 4.62. The topological polar surface area (TPSA) is 0 Å². The fourth-order valence-electron chi connectivity index (χ4n) is 4.48. The summed E-state index contributed by atoms with van der Waals surface area (Å²) < 4.78 is 0. The van der Waals surface area contributed by atoms with Crippen LogP contribution in [0.3, 0.4) is 0 Å². The zero-order chi connectivity index (χ0) is 19.6. The summed E-state index contributed by atoms with van der Waals surface area (Å²) in [7, 11) is 0. The molecule has 0 aliphatic heterocycles. The number of aryl methyl sites for hydroxylation is 1. The molecule has 0 heteroatoms. The van der Waals surface area contributed by atoms with Crippen LogP contribution >= 0.6 is 0 Å². The minimum Gasteiger partial charge on any atom is -0.0622 e. The minimum absolute atomic E-state index is 1.00. The highest BCUT2D eigenvalue weighted by molar-refractivity contribution is 5.97. The van der Waals surface area contributed by atoms with Crippen LogP contribution in [-0.4, -0.2) is 0 Å². The van der Waals surface area contributed by atoms with Crippen molar-refractivity contribution in [3.8, 4) is 22.3 Å². The molecule has 0 heterocycles. The molecule has 0 N–H and O–H groups in total. The summed E-state index contributed by atoms with van der Waals surface area (Å²) in [5, 5.41) is 0. The highest BCUT2D eigenvalue weighted by Crippen LogP contribution is 2.42. The van der Waals surface area contributed by atoms with Crippen molar-refractivity contribution in [2.75, 3.05) is 0 Å². The van der Waals surface area contributed by atoms with E-state index in [0.717, 1.165) is 12.8 Å². The van der Waals surface area contributed by atoms with E-state index in [1.54, 1.807) is 0 Å². The molecule has 0 nitrogen and oxygen atoms in total. The van der Waals surface area contributed by atoms with Gasteiger partial charge in [-0.15, -0.1) is 0 Å². The first-order valence-corrected chi connectivity index (χ1v) is 10.4. The molecule has 0 aromatic heterocycles. The molecule has 0 bridgehead atoms. The Morgan fingerprint density at radius 1 is 0.621 bits per heavy atom. The minimum atomic E-state index is 1.00. The summed E-state index contributed by atoms with van der Waals surface area (Å²) >= 11 is 0. The third-order valence-electron chi connectivity index (χ3n) is 5.93. The molecule has 1 aliphatic carbocycles. The molecule has 29 heavy (non-hydrogen) atoms. The van der Waals surface area contributed by atoms with Crippen LogP contribution in [-0.2, 0) is 12.8 Å². The lowest BCUT2D eigenvalue weighted by atomic mass is 9.87. The van der Waals surface area contributed by atoms with Crippen molar-refractivity contribution < 1.29 is 0 Å². The fraction of sp³-hybridized carbons (Fsp3) is 0.103. The maximum Gasteiger partial charge on any atom is -0.00134 e. The second-order valence-corrected chi connectivity index (χ2v) is 7.65. The molecule has 0 radical (unpaired) electrons. The van der Waals surface area contributed by atoms with Crippen LogP contribution in [0.2, 0.25) is 0 Å². The smallest absolute Gasteiger partial charge is 0.00134 e. The number of fused-ring (bicyclic) bond motifs is 1. The summed E-state index contributed by atoms with van der Waals surface area (Å²) in [5.41, 5.74) is 12.3. The van der Waals surface area contributed by atoms with Gasteiger partial charge in [-0.05, 0) is 69.0 Å². The van der Waals surface area contributed by atoms with E-state index >= 15 is 0 Å². The molecule has 0 spiro atoms. The van der Waals surface area contributed by atoms with Crippen LogP contribution in [0.1, 0.15) is 29.2 Å². The lowest BCUT2D eigenvalue weighted by Gasteiger charge is -2.17. The van der Waals surface area contributed by atoms with Gasteiger partial charge in [-0.25, -0.2) is 0 Å². The van der Waals surface area contributed by atoms with Gasteiger partial charge in [-0.2, -0.15) is 0 Å². The van der Waals surface area contributed by atoms with E-state index < -0.39 is 0 Å². The summed E-state index contributed by atoms with van der Waals surface area (Å²) in [6, 6.07) is 35.0. The Morgan fingerprint density at radius 3 is 1.93 bits per heavy atom. The zero-order valence-corrected chi connectivity index (χ0v) is 16.7. The van der Waals surface area contributed by atoms with E-state index in [9.17, 15) is 0 Å². The predicted molar refractivity (Wildman–Crippen MR) is 125 cm³/mol. The normalized spacial score (nSPS) is 12.5. The van der Waals surface area contributed by atoms with Gasteiger partial charge < -0.3 is 0 Å². The van der Waals surface area contributed by atoms with Gasteiger partial charge in [-0.1, -0.05) is 104 Å². The van der Waals surface area contributed by atoms with E-state index in [0.29, 0.717) is 0 Å². The maximum atomic E-state index is 2.42. The van der Waals surface area contributed by atoms with Crippen molar-refractivity contribution in [3.05, 3.63) is 119 Å². The average Bonchev–Trinajstić information content (AvgIpc) is 3.24. The van der Waals surface area contributed by atoms with Gasteiger partial charge in [0.15, 0.2) is 0 Å². The Hall–Kier alpha value is -3.38. The van der Waals surface area contributed by atoms with Crippen LogP contribution in [0.4, 0.5) is 0 Å². The van der Waals surface area contributed by atoms with Crippen LogP contribution in [0, 0.1) is 0 Å². The van der Waals surface area contributed by atoms with Crippen molar-refractivity contribution in [2.45, 2.75) is 19.8 Å². The predicted octanol–water partition coefficient (Wildman–Crippen LogP) is 7.68. The quantitative estimate of drug-likeness (QED) is 0.344. The van der Waals surface area contributed by atoms with Gasteiger partial charge >= 0.3 is 0 Å². The molecule has 0 saturated heterocycles. The van der Waals surface area contributed by atoms with Crippen LogP contribution < -0.4 is 0 Å². The summed E-state index contributed by atoms with van der Waals surface area (Å²) in [4.78, 5) is 0. The van der Waals surface area contributed by atoms with Crippen LogP contribution in [0.15, 0.2) is 97.1 Å². The van der Waals surface area contributed by atoms with Gasteiger partial charge in [0, 0.05) is 0 Å². The second kappa shape index (κ2) is 7.56. The first-order valence-electron chi connectivity index (χ1n) is 10.4. The van der Waals surface area contributed by atoms with Gasteiger partial charge in [0.1, 0.15) is 0 Å². The van der Waals surface area contributed by atoms with Crippen molar-refractivity contribution >= 4 is 11.6 Å². The van der Waals surface area contributed by atoms with Crippen LogP contribution in [0.25, 0.3) is 33.9 Å². The number of hydrogen-bond acceptors (Lipinski definition) is 0. The van der Waals surface area contributed by atoms with Gasteiger partial charge in [0.2, 0.25) is 0 Å². The molecule has 4 aromatic carbocycles. The monoisotopic (exact) mass is 372 g/mol. The van der Waals surface area contributed by atoms with Crippen molar-refractivity contribution in [1.82, 2.24) is 0 Å². The third kappa shape index (κ3) is 3.21. The second-order valence-electron chi connectivity index (χ2n) is 7.65. The Morgan fingerprint density at radius 2 is 1.24 bits per heavy atom. The molecule has 0 saturated carbocycles. The molecule has 1 aliphatic rings. The Balaban J connectivity index is 1.73. The van der Waals surface area contributed by atoms with E-state index in [4.69, 9.17) is 0 Å². The third-order valence-corrected chi connectivity index (χ3v) is 5.93. The average molecular weight is 373 g/mol. The highest BCUT2D eigenvalue weighted by atomic mass is 14.2. The first kappa shape index (κ1) is 17.7. The van der Waals surface area contributed by atoms with Crippen molar-refractivity contribution in [1.29, 1.82) is 0 Å². The summed E-state index contributed by atoms with van der Waals surface area (Å²) in [6.07, 6.45) is 4.45. The molecule has 0 atom stereocenters. The zero-order valence-electron chi connectivity index (χ0n) is 16.7. The molecule has 4 aromatic rings. The lowest BCUT2D eigenvalue weighted by Crippen LogP contribution is -1.96. The molecular weight excluding hydrogens is 348 g/mol. The standard InChI is InChI=1S/C29H24/c1-2-21-17-18-24-19-25(22-11-5-3-6-12-22)20-28(24)29(21)27-16-10-9-15-26(27)23-13-7-4-8-14-23/h3-18,20H,2,19H2,1H3. The number of benzene rings is 4. The van der Waals surface area contributed by atoms with Crippen LogP contribution in [0.5, 0.6) is 0 Å². The highest BCUT2D eigenvalue weighted by Gasteiger charge is 2.21. The van der Waals surface area contributed by atoms with Crippen molar-refractivity contribution in [2.24, 2.45) is 0 Å². The maximum absolute atomic E-state index is 2.42. The van der Waals surface area contributed by atoms with E-state index in [1.165, 1.54) is 50.1 Å². The molecule has 0 amide bonds. The van der Waals surface area contributed by atoms with Gasteiger partial charge in [0.05, 0.1) is 0 Å². The van der Waals surface area contributed by atoms with Crippen molar-refractivity contribution in [3.63, 3.8) is 0 Å². The molecular formula is C29H24. The lowest BCUT2D eigenvalue weighted by molar-refractivity contribution is 1.13. The number of allylic oxidation sites excluding steroid dienone is 1. The SMILES string of the molecule is CCc1ccc2c(c1-c1ccccc1-c1ccccc1)C=C(c1ccccc1)C2.